The van der Waals surface area contributed by atoms with Crippen LogP contribution in [0.1, 0.15) is 24.8 Å². The van der Waals surface area contributed by atoms with E-state index in [1.807, 2.05) is 6.07 Å². The molecule has 2 rings (SSSR count). The summed E-state index contributed by atoms with van der Waals surface area (Å²) < 4.78 is 27.5. The molecular weight excluding hydrogens is 298 g/mol. The Hall–Kier alpha value is -1.13. The summed E-state index contributed by atoms with van der Waals surface area (Å²) >= 11 is 5.87. The maximum Gasteiger partial charge on any atom is 0.242 e. The Labute approximate surface area is 123 Å². The smallest absolute Gasteiger partial charge is 0.242 e. The Bertz CT molecular complexity index is 640. The number of hydrogen-bond donors (Lipinski definition) is 2. The third-order valence-electron chi connectivity index (χ3n) is 3.65. The first-order valence-electron chi connectivity index (χ1n) is 6.40. The van der Waals surface area contributed by atoms with E-state index in [4.69, 9.17) is 22.6 Å². The number of halogens is 1. The van der Waals surface area contributed by atoms with Crippen LogP contribution in [0.5, 0.6) is 0 Å². The van der Waals surface area contributed by atoms with Crippen molar-refractivity contribution < 1.29 is 8.42 Å². The van der Waals surface area contributed by atoms with Gasteiger partial charge in [-0.1, -0.05) is 24.1 Å². The number of benzene rings is 1. The van der Waals surface area contributed by atoms with Gasteiger partial charge in [-0.25, -0.2) is 13.1 Å². The number of nitrogens with one attached hydrogen (secondary N) is 1. The van der Waals surface area contributed by atoms with Crippen LogP contribution in [0.25, 0.3) is 0 Å². The highest BCUT2D eigenvalue weighted by molar-refractivity contribution is 7.89. The minimum Gasteiger partial charge on any atom is -0.330 e. The first-order chi connectivity index (χ1) is 9.49. The molecule has 5 nitrogen and oxygen atoms in total. The third kappa shape index (κ3) is 2.96. The summed E-state index contributed by atoms with van der Waals surface area (Å²) in [6.45, 7) is 0.452. The van der Waals surface area contributed by atoms with Gasteiger partial charge in [0.15, 0.2) is 0 Å². The molecule has 0 bridgehead atoms. The molecule has 20 heavy (non-hydrogen) atoms. The van der Waals surface area contributed by atoms with Crippen molar-refractivity contribution in [2.75, 3.05) is 6.54 Å². The van der Waals surface area contributed by atoms with E-state index in [-0.39, 0.29) is 27.4 Å². The van der Waals surface area contributed by atoms with Crippen molar-refractivity contribution in [2.24, 2.45) is 11.7 Å². The van der Waals surface area contributed by atoms with Crippen molar-refractivity contribution in [3.63, 3.8) is 0 Å². The van der Waals surface area contributed by atoms with Crippen LogP contribution < -0.4 is 10.5 Å². The molecule has 0 unspecified atom stereocenters. The zero-order valence-electron chi connectivity index (χ0n) is 10.8. The Morgan fingerprint density at radius 3 is 2.85 bits per heavy atom. The Morgan fingerprint density at radius 2 is 2.20 bits per heavy atom. The van der Waals surface area contributed by atoms with Crippen LogP contribution in [0.2, 0.25) is 5.02 Å². The number of nitrogens with two attached hydrogens (primary N) is 1. The molecule has 0 saturated heterocycles. The first-order valence-corrected chi connectivity index (χ1v) is 8.26. The van der Waals surface area contributed by atoms with E-state index < -0.39 is 10.0 Å². The van der Waals surface area contributed by atoms with E-state index in [0.717, 1.165) is 19.3 Å². The monoisotopic (exact) mass is 313 g/mol. The van der Waals surface area contributed by atoms with Gasteiger partial charge in [0.05, 0.1) is 10.6 Å². The van der Waals surface area contributed by atoms with E-state index in [1.54, 1.807) is 0 Å². The van der Waals surface area contributed by atoms with Crippen molar-refractivity contribution in [2.45, 2.75) is 30.2 Å². The van der Waals surface area contributed by atoms with Gasteiger partial charge in [-0.3, -0.25) is 0 Å². The quantitative estimate of drug-likeness (QED) is 0.882. The topological polar surface area (TPSA) is 96.0 Å². The van der Waals surface area contributed by atoms with Crippen molar-refractivity contribution in [1.29, 1.82) is 5.26 Å². The SMILES string of the molecule is N#Cc1c(Cl)cccc1S(=O)(=O)N[C@H]1CCC[C@@H]1CN. The molecule has 2 atom stereocenters. The van der Waals surface area contributed by atoms with Crippen LogP contribution in [0.15, 0.2) is 23.1 Å². The number of nitriles is 1. The standard InChI is InChI=1S/C13H16ClN3O2S/c14-11-4-2-6-13(10(11)8-16)20(18,19)17-12-5-1-3-9(12)7-15/h2,4,6,9,12,17H,1,3,5,7,15H2/t9-,12+/m1/s1. The largest absolute Gasteiger partial charge is 0.330 e. The number of rotatable bonds is 4. The molecule has 1 aromatic rings. The summed E-state index contributed by atoms with van der Waals surface area (Å²) in [7, 11) is -3.76. The zero-order chi connectivity index (χ0) is 14.8. The molecule has 7 heteroatoms. The molecule has 108 valence electrons. The minimum absolute atomic E-state index is 0.0241. The highest BCUT2D eigenvalue weighted by atomic mass is 35.5. The Morgan fingerprint density at radius 1 is 1.45 bits per heavy atom. The van der Waals surface area contributed by atoms with Crippen LogP contribution in [-0.2, 0) is 10.0 Å². The molecule has 1 saturated carbocycles. The van der Waals surface area contributed by atoms with Crippen LogP contribution in [0.4, 0.5) is 0 Å². The predicted molar refractivity (Wildman–Crippen MR) is 76.7 cm³/mol. The van der Waals surface area contributed by atoms with Gasteiger partial charge in [0.2, 0.25) is 10.0 Å². The highest BCUT2D eigenvalue weighted by Crippen LogP contribution is 2.28. The van der Waals surface area contributed by atoms with Gasteiger partial charge in [0.1, 0.15) is 11.0 Å². The zero-order valence-corrected chi connectivity index (χ0v) is 12.4. The lowest BCUT2D eigenvalue weighted by molar-refractivity contribution is 0.453. The summed E-state index contributed by atoms with van der Waals surface area (Å²) in [5.41, 5.74) is 5.63. The molecule has 1 aliphatic carbocycles. The van der Waals surface area contributed by atoms with E-state index >= 15 is 0 Å². The van der Waals surface area contributed by atoms with Crippen LogP contribution in [0, 0.1) is 17.2 Å². The molecule has 0 radical (unpaired) electrons. The summed E-state index contributed by atoms with van der Waals surface area (Å²) in [5, 5.41) is 9.21. The summed E-state index contributed by atoms with van der Waals surface area (Å²) in [6.07, 6.45) is 2.64. The first kappa shape index (κ1) is 15.3. The second-order valence-corrected chi connectivity index (χ2v) is 6.97. The van der Waals surface area contributed by atoms with Gasteiger partial charge in [0, 0.05) is 6.04 Å². The summed E-state index contributed by atoms with van der Waals surface area (Å²) in [4.78, 5) is -0.0739. The average molecular weight is 314 g/mol. The predicted octanol–water partition coefficient (Wildman–Crippen LogP) is 1.62. The molecule has 1 aliphatic rings. The van der Waals surface area contributed by atoms with Crippen LogP contribution in [-0.4, -0.2) is 21.0 Å². The number of sulfonamides is 1. The normalized spacial score (nSPS) is 22.6. The van der Waals surface area contributed by atoms with Crippen LogP contribution >= 0.6 is 11.6 Å². The lowest BCUT2D eigenvalue weighted by Crippen LogP contribution is -2.40. The van der Waals surface area contributed by atoms with Gasteiger partial charge < -0.3 is 5.73 Å². The lowest BCUT2D eigenvalue weighted by Gasteiger charge is -2.19. The third-order valence-corrected chi connectivity index (χ3v) is 5.49. The van der Waals surface area contributed by atoms with Gasteiger partial charge >= 0.3 is 0 Å². The molecule has 0 heterocycles. The van der Waals surface area contributed by atoms with E-state index in [9.17, 15) is 8.42 Å². The van der Waals surface area contributed by atoms with Gasteiger partial charge in [-0.05, 0) is 37.4 Å². The highest BCUT2D eigenvalue weighted by Gasteiger charge is 2.31. The minimum atomic E-state index is -3.76. The van der Waals surface area contributed by atoms with Crippen molar-refractivity contribution in [3.05, 3.63) is 28.8 Å². The fourth-order valence-corrected chi connectivity index (χ4v) is 4.36. The van der Waals surface area contributed by atoms with Gasteiger partial charge in [0.25, 0.3) is 0 Å². The molecule has 1 fully saturated rings. The number of hydrogen-bond acceptors (Lipinski definition) is 4. The maximum atomic E-state index is 12.4. The van der Waals surface area contributed by atoms with E-state index in [2.05, 4.69) is 4.72 Å². The van der Waals surface area contributed by atoms with Gasteiger partial charge in [-0.2, -0.15) is 5.26 Å². The van der Waals surface area contributed by atoms with Crippen molar-refractivity contribution in [1.82, 2.24) is 4.72 Å². The Balaban J connectivity index is 2.32. The van der Waals surface area contributed by atoms with E-state index in [1.165, 1.54) is 18.2 Å². The molecule has 1 aromatic carbocycles. The molecular formula is C13H16ClN3O2S. The molecule has 3 N–H and O–H groups in total. The fraction of sp³-hybridized carbons (Fsp3) is 0.462. The maximum absolute atomic E-state index is 12.4. The Kier molecular flexibility index (Phi) is 4.66. The molecule has 0 spiro atoms. The average Bonchev–Trinajstić information content (AvgIpc) is 2.84. The number of nitrogens with zero attached hydrogens (tertiary/aromatic N) is 1. The molecule has 0 aliphatic heterocycles. The second-order valence-electron chi connectivity index (χ2n) is 4.88. The molecule has 0 amide bonds. The lowest BCUT2D eigenvalue weighted by atomic mass is 10.1. The summed E-state index contributed by atoms with van der Waals surface area (Å²) in [5.74, 6) is 0.148. The van der Waals surface area contributed by atoms with Crippen molar-refractivity contribution in [3.8, 4) is 6.07 Å². The van der Waals surface area contributed by atoms with Crippen molar-refractivity contribution >= 4 is 21.6 Å². The second kappa shape index (κ2) is 6.10. The summed E-state index contributed by atoms with van der Waals surface area (Å²) in [6, 6.07) is 6.08. The van der Waals surface area contributed by atoms with Gasteiger partial charge in [-0.15, -0.1) is 0 Å². The van der Waals surface area contributed by atoms with E-state index in [0.29, 0.717) is 6.54 Å². The van der Waals surface area contributed by atoms with Crippen LogP contribution in [0.3, 0.4) is 0 Å². The molecule has 0 aromatic heterocycles. The fourth-order valence-electron chi connectivity index (χ4n) is 2.57.